The maximum Gasteiger partial charge on any atom is 0.305 e. The molecule has 1 saturated heterocycles. The maximum atomic E-state index is 10.9. The first-order valence-corrected chi connectivity index (χ1v) is 6.78. The Balaban J connectivity index is 2.17. The van der Waals surface area contributed by atoms with Crippen molar-refractivity contribution in [2.45, 2.75) is 12.5 Å². The minimum absolute atomic E-state index is 0.00372. The largest absolute Gasteiger partial charge is 0.481 e. The van der Waals surface area contributed by atoms with E-state index in [4.69, 9.17) is 10.4 Å². The molecule has 2 rings (SSSR count). The summed E-state index contributed by atoms with van der Waals surface area (Å²) in [6, 6.07) is 5.46. The fourth-order valence-electron chi connectivity index (χ4n) is 1.99. The van der Waals surface area contributed by atoms with Crippen LogP contribution in [-0.4, -0.2) is 40.2 Å². The Morgan fingerprint density at radius 1 is 1.67 bits per heavy atom. The first-order valence-electron chi connectivity index (χ1n) is 5.63. The highest BCUT2D eigenvalue weighted by atomic mass is 32.2. The average Bonchev–Trinajstić information content (AvgIpc) is 2.39. The van der Waals surface area contributed by atoms with Crippen molar-refractivity contribution in [1.82, 2.24) is 4.98 Å². The number of rotatable bonds is 3. The van der Waals surface area contributed by atoms with Crippen molar-refractivity contribution in [3.05, 3.63) is 24.0 Å². The molecule has 1 aromatic rings. The number of carbonyl (C=O) groups is 1. The second kappa shape index (κ2) is 5.74. The van der Waals surface area contributed by atoms with Crippen LogP contribution in [0.15, 0.2) is 18.3 Å². The Morgan fingerprint density at radius 3 is 3.11 bits per heavy atom. The van der Waals surface area contributed by atoms with Crippen molar-refractivity contribution in [2.24, 2.45) is 0 Å². The van der Waals surface area contributed by atoms with Gasteiger partial charge >= 0.3 is 5.97 Å². The van der Waals surface area contributed by atoms with E-state index in [1.807, 2.05) is 12.1 Å². The number of thioether (sulfide) groups is 1. The second-order valence-corrected chi connectivity index (χ2v) is 5.18. The number of nitrogens with zero attached hydrogens (tertiary/aromatic N) is 3. The van der Waals surface area contributed by atoms with Crippen molar-refractivity contribution < 1.29 is 9.90 Å². The number of aromatic nitrogens is 1. The van der Waals surface area contributed by atoms with Gasteiger partial charge in [0, 0.05) is 24.1 Å². The Kier molecular flexibility index (Phi) is 4.05. The molecule has 2 heterocycles. The number of nitriles is 1. The highest BCUT2D eigenvalue weighted by Crippen LogP contribution is 2.25. The molecule has 5 nitrogen and oxygen atoms in total. The van der Waals surface area contributed by atoms with Gasteiger partial charge in [-0.2, -0.15) is 17.0 Å². The summed E-state index contributed by atoms with van der Waals surface area (Å²) < 4.78 is 0. The minimum Gasteiger partial charge on any atom is -0.481 e. The molecule has 1 atom stereocenters. The van der Waals surface area contributed by atoms with E-state index in [1.165, 1.54) is 0 Å². The monoisotopic (exact) mass is 263 g/mol. The molecule has 1 aliphatic rings. The van der Waals surface area contributed by atoms with Gasteiger partial charge in [-0.25, -0.2) is 4.98 Å². The van der Waals surface area contributed by atoms with Crippen molar-refractivity contribution in [3.63, 3.8) is 0 Å². The third-order valence-electron chi connectivity index (χ3n) is 2.83. The average molecular weight is 263 g/mol. The van der Waals surface area contributed by atoms with Crippen LogP contribution in [0.2, 0.25) is 0 Å². The van der Waals surface area contributed by atoms with E-state index < -0.39 is 5.97 Å². The van der Waals surface area contributed by atoms with Crippen LogP contribution in [0.25, 0.3) is 0 Å². The molecule has 0 aliphatic carbocycles. The SMILES string of the molecule is N#Cc1ccc(N2CCSCC2CC(=O)O)cn1. The van der Waals surface area contributed by atoms with Crippen molar-refractivity contribution in [3.8, 4) is 6.07 Å². The molecule has 18 heavy (non-hydrogen) atoms. The van der Waals surface area contributed by atoms with Crippen LogP contribution < -0.4 is 4.90 Å². The Morgan fingerprint density at radius 2 is 2.50 bits per heavy atom. The first kappa shape index (κ1) is 12.7. The maximum absolute atomic E-state index is 10.9. The molecule has 1 aromatic heterocycles. The normalized spacial score (nSPS) is 19.3. The predicted molar refractivity (Wildman–Crippen MR) is 69.7 cm³/mol. The van der Waals surface area contributed by atoms with Crippen LogP contribution in [0.4, 0.5) is 5.69 Å². The highest BCUT2D eigenvalue weighted by molar-refractivity contribution is 7.99. The Bertz CT molecular complexity index is 469. The molecule has 0 radical (unpaired) electrons. The molecule has 1 unspecified atom stereocenters. The standard InChI is InChI=1S/C12H13N3O2S/c13-6-9-1-2-10(7-14-9)15-3-4-18-8-11(15)5-12(16)17/h1-2,7,11H,3-5,8H2,(H,16,17). The van der Waals surface area contributed by atoms with Crippen LogP contribution >= 0.6 is 11.8 Å². The van der Waals surface area contributed by atoms with Gasteiger partial charge in [-0.05, 0) is 12.1 Å². The smallest absolute Gasteiger partial charge is 0.305 e. The zero-order valence-corrected chi connectivity index (χ0v) is 10.6. The lowest BCUT2D eigenvalue weighted by Crippen LogP contribution is -2.43. The summed E-state index contributed by atoms with van der Waals surface area (Å²) in [5.41, 5.74) is 1.26. The van der Waals surface area contributed by atoms with E-state index in [9.17, 15) is 4.79 Å². The van der Waals surface area contributed by atoms with Crippen molar-refractivity contribution >= 4 is 23.4 Å². The summed E-state index contributed by atoms with van der Waals surface area (Å²) in [7, 11) is 0. The van der Waals surface area contributed by atoms with E-state index in [2.05, 4.69) is 9.88 Å². The topological polar surface area (TPSA) is 77.2 Å². The quantitative estimate of drug-likeness (QED) is 0.887. The van der Waals surface area contributed by atoms with Crippen LogP contribution in [-0.2, 0) is 4.79 Å². The van der Waals surface area contributed by atoms with Gasteiger partial charge in [0.25, 0.3) is 0 Å². The fraction of sp³-hybridized carbons (Fsp3) is 0.417. The summed E-state index contributed by atoms with van der Waals surface area (Å²) in [5.74, 6) is 1.01. The highest BCUT2D eigenvalue weighted by Gasteiger charge is 2.25. The van der Waals surface area contributed by atoms with Gasteiger partial charge in [0.05, 0.1) is 18.3 Å². The van der Waals surface area contributed by atoms with E-state index in [0.29, 0.717) is 5.69 Å². The van der Waals surface area contributed by atoms with Crippen molar-refractivity contribution in [1.29, 1.82) is 5.26 Å². The summed E-state index contributed by atoms with van der Waals surface area (Å²) in [6.07, 6.45) is 1.77. The Hall–Kier alpha value is -1.74. The van der Waals surface area contributed by atoms with Gasteiger partial charge in [0.1, 0.15) is 11.8 Å². The van der Waals surface area contributed by atoms with Gasteiger partial charge in [0.15, 0.2) is 0 Å². The number of carboxylic acid groups (broad SMARTS) is 1. The number of aliphatic carboxylic acids is 1. The summed E-state index contributed by atoms with van der Waals surface area (Å²) in [5, 5.41) is 17.6. The lowest BCUT2D eigenvalue weighted by Gasteiger charge is -2.36. The second-order valence-electron chi connectivity index (χ2n) is 4.03. The van der Waals surface area contributed by atoms with Crippen LogP contribution in [0, 0.1) is 11.3 Å². The van der Waals surface area contributed by atoms with Gasteiger partial charge in [0.2, 0.25) is 0 Å². The van der Waals surface area contributed by atoms with Crippen molar-refractivity contribution in [2.75, 3.05) is 23.0 Å². The number of carboxylic acids is 1. The molecule has 0 spiro atoms. The number of hydrogen-bond acceptors (Lipinski definition) is 5. The fourth-order valence-corrected chi connectivity index (χ4v) is 3.05. The van der Waals surface area contributed by atoms with E-state index in [0.717, 1.165) is 23.7 Å². The third-order valence-corrected chi connectivity index (χ3v) is 3.92. The molecule has 94 valence electrons. The summed E-state index contributed by atoms with van der Waals surface area (Å²) in [6.45, 7) is 0.816. The number of pyridine rings is 1. The lowest BCUT2D eigenvalue weighted by atomic mass is 10.1. The number of anilines is 1. The zero-order valence-electron chi connectivity index (χ0n) is 9.74. The van der Waals surface area contributed by atoms with Gasteiger partial charge < -0.3 is 10.0 Å². The van der Waals surface area contributed by atoms with Gasteiger partial charge in [-0.1, -0.05) is 0 Å². The molecule has 0 aromatic carbocycles. The molecule has 0 amide bonds. The summed E-state index contributed by atoms with van der Waals surface area (Å²) >= 11 is 1.77. The van der Waals surface area contributed by atoms with E-state index in [1.54, 1.807) is 24.0 Å². The Labute approximate surface area is 109 Å². The van der Waals surface area contributed by atoms with E-state index in [-0.39, 0.29) is 12.5 Å². The lowest BCUT2D eigenvalue weighted by molar-refractivity contribution is -0.137. The molecule has 1 fully saturated rings. The molecular formula is C12H13N3O2S. The minimum atomic E-state index is -0.783. The van der Waals surface area contributed by atoms with Gasteiger partial charge in [-0.3, -0.25) is 4.79 Å². The molecule has 0 bridgehead atoms. The number of hydrogen-bond donors (Lipinski definition) is 1. The molecule has 6 heteroatoms. The third kappa shape index (κ3) is 2.93. The summed E-state index contributed by atoms with van der Waals surface area (Å²) in [4.78, 5) is 16.9. The molecule has 1 aliphatic heterocycles. The van der Waals surface area contributed by atoms with Crippen LogP contribution in [0.1, 0.15) is 12.1 Å². The van der Waals surface area contributed by atoms with Gasteiger partial charge in [-0.15, -0.1) is 0 Å². The van der Waals surface area contributed by atoms with Crippen LogP contribution in [0.3, 0.4) is 0 Å². The first-order chi connectivity index (χ1) is 8.70. The zero-order chi connectivity index (χ0) is 13.0. The predicted octanol–water partition coefficient (Wildman–Crippen LogP) is 1.35. The van der Waals surface area contributed by atoms with Crippen LogP contribution in [0.5, 0.6) is 0 Å². The molecular weight excluding hydrogens is 250 g/mol. The van der Waals surface area contributed by atoms with E-state index >= 15 is 0 Å². The molecule has 1 N–H and O–H groups in total. The molecule has 0 saturated carbocycles.